The number of rotatable bonds is 7. The first-order valence-corrected chi connectivity index (χ1v) is 5.78. The molecule has 0 saturated carbocycles. The lowest BCUT2D eigenvalue weighted by Crippen LogP contribution is -2.38. The Balaban J connectivity index is 3.73. The van der Waals surface area contributed by atoms with Crippen molar-refractivity contribution in [2.24, 2.45) is 11.7 Å². The van der Waals surface area contributed by atoms with Gasteiger partial charge < -0.3 is 16.4 Å². The molecule has 0 rings (SSSR count). The third-order valence-corrected chi connectivity index (χ3v) is 2.25. The Bertz CT molecular complexity index is 225. The second-order valence-corrected chi connectivity index (χ2v) is 4.10. The molecule has 94 valence electrons. The zero-order valence-electron chi connectivity index (χ0n) is 10.4. The second-order valence-electron chi connectivity index (χ2n) is 4.10. The van der Waals surface area contributed by atoms with Crippen LogP contribution in [0.2, 0.25) is 0 Å². The van der Waals surface area contributed by atoms with E-state index in [2.05, 4.69) is 10.6 Å². The van der Waals surface area contributed by atoms with E-state index >= 15 is 0 Å². The first-order chi connectivity index (χ1) is 7.51. The van der Waals surface area contributed by atoms with Crippen LogP contribution in [0.3, 0.4) is 0 Å². The molecule has 0 spiro atoms. The highest BCUT2D eigenvalue weighted by Crippen LogP contribution is 1.99. The summed E-state index contributed by atoms with van der Waals surface area (Å²) in [5.41, 5.74) is 5.44. The highest BCUT2D eigenvalue weighted by atomic mass is 16.2. The minimum atomic E-state index is -0.145. The topological polar surface area (TPSA) is 84.2 Å². The lowest BCUT2D eigenvalue weighted by atomic mass is 10.1. The molecule has 5 nitrogen and oxygen atoms in total. The van der Waals surface area contributed by atoms with Crippen molar-refractivity contribution in [2.45, 2.75) is 39.7 Å². The molecule has 0 saturated heterocycles. The van der Waals surface area contributed by atoms with Gasteiger partial charge in [-0.2, -0.15) is 0 Å². The Morgan fingerprint density at radius 3 is 2.38 bits per heavy atom. The van der Waals surface area contributed by atoms with Gasteiger partial charge >= 0.3 is 0 Å². The fraction of sp³-hybridized carbons (Fsp3) is 0.818. The van der Waals surface area contributed by atoms with Crippen molar-refractivity contribution >= 4 is 11.8 Å². The first-order valence-electron chi connectivity index (χ1n) is 5.78. The van der Waals surface area contributed by atoms with Gasteiger partial charge in [-0.05, 0) is 20.3 Å². The minimum absolute atomic E-state index is 0.0453. The van der Waals surface area contributed by atoms with Crippen LogP contribution in [0.5, 0.6) is 0 Å². The van der Waals surface area contributed by atoms with E-state index in [4.69, 9.17) is 5.73 Å². The van der Waals surface area contributed by atoms with Crippen molar-refractivity contribution in [1.82, 2.24) is 10.6 Å². The van der Waals surface area contributed by atoms with E-state index in [1.807, 2.05) is 20.8 Å². The second kappa shape index (κ2) is 8.10. The number of carbonyl (C=O) groups is 2. The molecular formula is C11H23N3O2. The summed E-state index contributed by atoms with van der Waals surface area (Å²) in [7, 11) is 0. The standard InChI is InChI=1S/C11H23N3O2/c1-4-9(7-12)11(16)13-6-5-10(15)14-8(2)3/h8-9H,4-7,12H2,1-3H3,(H,13,16)(H,14,15). The van der Waals surface area contributed by atoms with Crippen LogP contribution in [0.15, 0.2) is 0 Å². The average Bonchev–Trinajstić information content (AvgIpc) is 2.18. The highest BCUT2D eigenvalue weighted by Gasteiger charge is 2.13. The van der Waals surface area contributed by atoms with Crippen LogP contribution < -0.4 is 16.4 Å². The van der Waals surface area contributed by atoms with Crippen LogP contribution in [-0.2, 0) is 9.59 Å². The zero-order chi connectivity index (χ0) is 12.6. The van der Waals surface area contributed by atoms with Gasteiger partial charge in [0.2, 0.25) is 11.8 Å². The predicted molar refractivity (Wildman–Crippen MR) is 63.7 cm³/mol. The monoisotopic (exact) mass is 229 g/mol. The number of carbonyl (C=O) groups excluding carboxylic acids is 2. The van der Waals surface area contributed by atoms with Crippen LogP contribution in [0.1, 0.15) is 33.6 Å². The van der Waals surface area contributed by atoms with Gasteiger partial charge in [0.1, 0.15) is 0 Å². The summed E-state index contributed by atoms with van der Waals surface area (Å²) in [6, 6.07) is 0.135. The van der Waals surface area contributed by atoms with E-state index in [1.54, 1.807) is 0 Å². The lowest BCUT2D eigenvalue weighted by Gasteiger charge is -2.13. The van der Waals surface area contributed by atoms with Gasteiger partial charge in [-0.15, -0.1) is 0 Å². The molecule has 0 aliphatic rings. The molecule has 0 aromatic carbocycles. The normalized spacial score (nSPS) is 12.3. The van der Waals surface area contributed by atoms with Crippen LogP contribution in [-0.4, -0.2) is 30.9 Å². The van der Waals surface area contributed by atoms with Crippen LogP contribution >= 0.6 is 0 Å². The van der Waals surface area contributed by atoms with Gasteiger partial charge in [0.25, 0.3) is 0 Å². The van der Waals surface area contributed by atoms with E-state index in [1.165, 1.54) is 0 Å². The summed E-state index contributed by atoms with van der Waals surface area (Å²) in [4.78, 5) is 22.7. The molecule has 5 heteroatoms. The Morgan fingerprint density at radius 2 is 1.94 bits per heavy atom. The van der Waals surface area contributed by atoms with Gasteiger partial charge in [0.15, 0.2) is 0 Å². The van der Waals surface area contributed by atoms with Crippen molar-refractivity contribution in [1.29, 1.82) is 0 Å². The summed E-state index contributed by atoms with van der Waals surface area (Å²) >= 11 is 0. The maximum atomic E-state index is 11.5. The fourth-order valence-electron chi connectivity index (χ4n) is 1.30. The quantitative estimate of drug-likeness (QED) is 0.574. The number of hydrogen-bond donors (Lipinski definition) is 3. The molecule has 0 fully saturated rings. The van der Waals surface area contributed by atoms with Gasteiger partial charge in [-0.3, -0.25) is 9.59 Å². The van der Waals surface area contributed by atoms with Gasteiger partial charge in [-0.1, -0.05) is 6.92 Å². The van der Waals surface area contributed by atoms with Crippen molar-refractivity contribution in [2.75, 3.05) is 13.1 Å². The molecule has 0 aliphatic carbocycles. The number of amides is 2. The van der Waals surface area contributed by atoms with Crippen molar-refractivity contribution < 1.29 is 9.59 Å². The van der Waals surface area contributed by atoms with Gasteiger partial charge in [0, 0.05) is 31.5 Å². The molecule has 0 bridgehead atoms. The first kappa shape index (κ1) is 14.9. The Hall–Kier alpha value is -1.10. The zero-order valence-corrected chi connectivity index (χ0v) is 10.4. The summed E-state index contributed by atoms with van der Waals surface area (Å²) in [5.74, 6) is -0.258. The highest BCUT2D eigenvalue weighted by molar-refractivity contribution is 5.80. The summed E-state index contributed by atoms with van der Waals surface area (Å²) in [6.07, 6.45) is 1.03. The largest absolute Gasteiger partial charge is 0.355 e. The number of hydrogen-bond acceptors (Lipinski definition) is 3. The van der Waals surface area contributed by atoms with E-state index < -0.39 is 0 Å². The maximum absolute atomic E-state index is 11.5. The molecule has 1 unspecified atom stereocenters. The van der Waals surface area contributed by atoms with Gasteiger partial charge in [0.05, 0.1) is 0 Å². The number of nitrogens with one attached hydrogen (secondary N) is 2. The summed E-state index contributed by atoms with van der Waals surface area (Å²) in [6.45, 7) is 6.44. The maximum Gasteiger partial charge on any atom is 0.224 e. The summed E-state index contributed by atoms with van der Waals surface area (Å²) < 4.78 is 0. The Kier molecular flexibility index (Phi) is 7.54. The van der Waals surface area contributed by atoms with Crippen LogP contribution in [0.25, 0.3) is 0 Å². The molecule has 16 heavy (non-hydrogen) atoms. The molecule has 0 aromatic heterocycles. The van der Waals surface area contributed by atoms with E-state index in [0.717, 1.165) is 6.42 Å². The van der Waals surface area contributed by atoms with Gasteiger partial charge in [-0.25, -0.2) is 0 Å². The average molecular weight is 229 g/mol. The number of nitrogens with two attached hydrogens (primary N) is 1. The van der Waals surface area contributed by atoms with E-state index in [0.29, 0.717) is 19.5 Å². The molecule has 0 aromatic rings. The Labute approximate surface area is 97.2 Å². The molecule has 0 aliphatic heterocycles. The smallest absolute Gasteiger partial charge is 0.224 e. The predicted octanol–water partition coefficient (Wildman–Crippen LogP) is 0.00220. The third kappa shape index (κ3) is 6.40. The Morgan fingerprint density at radius 1 is 1.31 bits per heavy atom. The van der Waals surface area contributed by atoms with Crippen LogP contribution in [0, 0.1) is 5.92 Å². The molecule has 0 radical (unpaired) electrons. The fourth-order valence-corrected chi connectivity index (χ4v) is 1.30. The van der Waals surface area contributed by atoms with E-state index in [-0.39, 0.29) is 23.8 Å². The SMILES string of the molecule is CCC(CN)C(=O)NCCC(=O)NC(C)C. The molecule has 1 atom stereocenters. The third-order valence-electron chi connectivity index (χ3n) is 2.25. The minimum Gasteiger partial charge on any atom is -0.355 e. The molecule has 0 heterocycles. The molecule has 4 N–H and O–H groups in total. The van der Waals surface area contributed by atoms with Crippen molar-refractivity contribution in [3.63, 3.8) is 0 Å². The molecule has 2 amide bonds. The van der Waals surface area contributed by atoms with Crippen molar-refractivity contribution in [3.8, 4) is 0 Å². The van der Waals surface area contributed by atoms with Crippen molar-refractivity contribution in [3.05, 3.63) is 0 Å². The van der Waals surface area contributed by atoms with Crippen LogP contribution in [0.4, 0.5) is 0 Å². The molecular weight excluding hydrogens is 206 g/mol. The summed E-state index contributed by atoms with van der Waals surface area (Å²) in [5, 5.41) is 5.47. The lowest BCUT2D eigenvalue weighted by molar-refractivity contribution is -0.125. The van der Waals surface area contributed by atoms with E-state index in [9.17, 15) is 9.59 Å².